The lowest BCUT2D eigenvalue weighted by Crippen LogP contribution is -2.48. The summed E-state index contributed by atoms with van der Waals surface area (Å²) in [4.78, 5) is 14.2. The summed E-state index contributed by atoms with van der Waals surface area (Å²) < 4.78 is 0. The van der Waals surface area contributed by atoms with Crippen LogP contribution in [-0.2, 0) is 4.79 Å². The molecular weight excluding hydrogens is 254 g/mol. The Bertz CT molecular complexity index is 520. The number of amidine groups is 1. The lowest BCUT2D eigenvalue weighted by molar-refractivity contribution is -0.124. The normalized spacial score (nSPS) is 14.8. The first kappa shape index (κ1) is 16.0. The van der Waals surface area contributed by atoms with E-state index >= 15 is 0 Å². The lowest BCUT2D eigenvalue weighted by atomic mass is 9.84. The van der Waals surface area contributed by atoms with Gasteiger partial charge < -0.3 is 15.8 Å². The maximum Gasteiger partial charge on any atom is 0.240 e. The molecule has 0 saturated carbocycles. The van der Waals surface area contributed by atoms with Gasteiger partial charge in [0.2, 0.25) is 5.91 Å². The zero-order valence-corrected chi connectivity index (χ0v) is 12.8. The van der Waals surface area contributed by atoms with Crippen molar-refractivity contribution in [1.82, 2.24) is 0 Å². The van der Waals surface area contributed by atoms with Crippen molar-refractivity contribution in [3.05, 3.63) is 29.3 Å². The summed E-state index contributed by atoms with van der Waals surface area (Å²) in [5.41, 5.74) is 7.65. The van der Waals surface area contributed by atoms with Gasteiger partial charge in [0.1, 0.15) is 5.41 Å². The van der Waals surface area contributed by atoms with Crippen molar-refractivity contribution in [2.75, 3.05) is 11.9 Å². The Morgan fingerprint density at radius 1 is 1.35 bits per heavy atom. The molecule has 0 aliphatic rings. The highest BCUT2D eigenvalue weighted by molar-refractivity contribution is 6.12. The van der Waals surface area contributed by atoms with Crippen LogP contribution in [0.2, 0.25) is 0 Å². The molecule has 0 fully saturated rings. The van der Waals surface area contributed by atoms with Crippen molar-refractivity contribution < 1.29 is 10.0 Å². The molecule has 110 valence electrons. The molecule has 0 spiro atoms. The minimum Gasteiger partial charge on any atom is -0.409 e. The molecule has 1 aromatic rings. The number of hydrogen-bond acceptors (Lipinski definition) is 3. The molecule has 0 saturated heterocycles. The van der Waals surface area contributed by atoms with Gasteiger partial charge in [-0.2, -0.15) is 0 Å². The van der Waals surface area contributed by atoms with Crippen molar-refractivity contribution in [2.24, 2.45) is 16.3 Å². The average Bonchev–Trinajstić information content (AvgIpc) is 2.42. The highest BCUT2D eigenvalue weighted by Crippen LogP contribution is 2.28. The molecule has 0 bridgehead atoms. The molecule has 1 aromatic carbocycles. The summed E-state index contributed by atoms with van der Waals surface area (Å²) >= 11 is 0. The summed E-state index contributed by atoms with van der Waals surface area (Å²) in [7, 11) is 1.70. The summed E-state index contributed by atoms with van der Waals surface area (Å²) in [5.74, 6) is -0.262. The molecule has 1 rings (SSSR count). The van der Waals surface area contributed by atoms with Gasteiger partial charge in [0.05, 0.1) is 0 Å². The number of aryl methyl sites for hydroxylation is 2. The predicted octanol–water partition coefficient (Wildman–Crippen LogP) is 2.43. The Balaban J connectivity index is 3.19. The Labute approximate surface area is 120 Å². The van der Waals surface area contributed by atoms with Gasteiger partial charge in [0.15, 0.2) is 5.84 Å². The Hall–Kier alpha value is -2.04. The zero-order chi connectivity index (χ0) is 15.5. The standard InChI is InChI=1S/C15H23N3O2/c1-6-15(4,13(16)17-20)14(19)18(5)12-8-10(2)7-11(3)9-12/h7-9,20H,6H2,1-5H3,(H2,16,17). The van der Waals surface area contributed by atoms with E-state index in [9.17, 15) is 4.79 Å². The van der Waals surface area contributed by atoms with Crippen molar-refractivity contribution in [2.45, 2.75) is 34.1 Å². The van der Waals surface area contributed by atoms with Crippen LogP contribution in [0.5, 0.6) is 0 Å². The summed E-state index contributed by atoms with van der Waals surface area (Å²) in [5, 5.41) is 11.9. The number of carbonyl (C=O) groups is 1. The molecule has 0 heterocycles. The number of oxime groups is 1. The van der Waals surface area contributed by atoms with Crippen LogP contribution in [0, 0.1) is 19.3 Å². The molecule has 1 amide bonds. The first-order valence-corrected chi connectivity index (χ1v) is 6.60. The number of nitrogens with two attached hydrogens (primary N) is 1. The van der Waals surface area contributed by atoms with Crippen LogP contribution in [0.4, 0.5) is 5.69 Å². The van der Waals surface area contributed by atoms with E-state index in [-0.39, 0.29) is 11.7 Å². The molecule has 5 heteroatoms. The fraction of sp³-hybridized carbons (Fsp3) is 0.467. The SMILES string of the molecule is CCC(C)(C(=O)N(C)c1cc(C)cc(C)c1)/C(N)=N/O. The predicted molar refractivity (Wildman–Crippen MR) is 81.1 cm³/mol. The highest BCUT2D eigenvalue weighted by atomic mass is 16.4. The third-order valence-corrected chi connectivity index (χ3v) is 3.75. The van der Waals surface area contributed by atoms with E-state index in [0.29, 0.717) is 6.42 Å². The van der Waals surface area contributed by atoms with E-state index in [2.05, 4.69) is 5.16 Å². The van der Waals surface area contributed by atoms with Gasteiger partial charge in [-0.3, -0.25) is 4.79 Å². The first-order valence-electron chi connectivity index (χ1n) is 6.60. The average molecular weight is 277 g/mol. The van der Waals surface area contributed by atoms with Crippen LogP contribution in [0.15, 0.2) is 23.4 Å². The Morgan fingerprint density at radius 3 is 2.25 bits per heavy atom. The summed E-state index contributed by atoms with van der Waals surface area (Å²) in [6.45, 7) is 7.49. The van der Waals surface area contributed by atoms with Crippen molar-refractivity contribution in [3.63, 3.8) is 0 Å². The topological polar surface area (TPSA) is 78.9 Å². The molecular formula is C15H23N3O2. The van der Waals surface area contributed by atoms with E-state index < -0.39 is 5.41 Å². The first-order chi connectivity index (χ1) is 9.26. The second-order valence-corrected chi connectivity index (χ2v) is 5.38. The van der Waals surface area contributed by atoms with Crippen molar-refractivity contribution >= 4 is 17.4 Å². The molecule has 0 aliphatic carbocycles. The monoisotopic (exact) mass is 277 g/mol. The number of carbonyl (C=O) groups excluding carboxylic acids is 1. The number of hydrogen-bond donors (Lipinski definition) is 2. The van der Waals surface area contributed by atoms with Crippen LogP contribution in [-0.4, -0.2) is 24.0 Å². The van der Waals surface area contributed by atoms with Gasteiger partial charge in [-0.1, -0.05) is 18.1 Å². The number of benzene rings is 1. The van der Waals surface area contributed by atoms with E-state index in [1.807, 2.05) is 39.0 Å². The van der Waals surface area contributed by atoms with Crippen LogP contribution >= 0.6 is 0 Å². The summed E-state index contributed by atoms with van der Waals surface area (Å²) in [6, 6.07) is 5.92. The maximum atomic E-state index is 12.7. The van der Waals surface area contributed by atoms with E-state index in [1.165, 1.54) is 0 Å². The zero-order valence-electron chi connectivity index (χ0n) is 12.8. The lowest BCUT2D eigenvalue weighted by Gasteiger charge is -2.31. The third kappa shape index (κ3) is 2.92. The molecule has 3 N–H and O–H groups in total. The van der Waals surface area contributed by atoms with E-state index in [4.69, 9.17) is 10.9 Å². The molecule has 0 aliphatic heterocycles. The van der Waals surface area contributed by atoms with Gasteiger partial charge in [-0.05, 0) is 50.5 Å². The molecule has 0 radical (unpaired) electrons. The highest BCUT2D eigenvalue weighted by Gasteiger charge is 2.38. The maximum absolute atomic E-state index is 12.7. The van der Waals surface area contributed by atoms with E-state index in [0.717, 1.165) is 16.8 Å². The second kappa shape index (κ2) is 5.94. The fourth-order valence-corrected chi connectivity index (χ4v) is 2.18. The number of nitrogens with zero attached hydrogens (tertiary/aromatic N) is 2. The number of rotatable bonds is 4. The number of anilines is 1. The summed E-state index contributed by atoms with van der Waals surface area (Å²) in [6.07, 6.45) is 0.455. The van der Waals surface area contributed by atoms with Gasteiger partial charge >= 0.3 is 0 Å². The van der Waals surface area contributed by atoms with Crippen LogP contribution in [0.25, 0.3) is 0 Å². The quantitative estimate of drug-likeness (QED) is 0.384. The Kier molecular flexibility index (Phi) is 4.76. The van der Waals surface area contributed by atoms with Gasteiger partial charge in [0, 0.05) is 12.7 Å². The minimum absolute atomic E-state index is 0.0683. The molecule has 5 nitrogen and oxygen atoms in total. The second-order valence-electron chi connectivity index (χ2n) is 5.38. The molecule has 1 unspecified atom stereocenters. The largest absolute Gasteiger partial charge is 0.409 e. The van der Waals surface area contributed by atoms with Crippen LogP contribution < -0.4 is 10.6 Å². The minimum atomic E-state index is -1.01. The smallest absolute Gasteiger partial charge is 0.240 e. The molecule has 1 atom stereocenters. The molecule has 0 aromatic heterocycles. The molecule has 20 heavy (non-hydrogen) atoms. The van der Waals surface area contributed by atoms with E-state index in [1.54, 1.807) is 18.9 Å². The van der Waals surface area contributed by atoms with Crippen molar-refractivity contribution in [3.8, 4) is 0 Å². The van der Waals surface area contributed by atoms with Crippen LogP contribution in [0.1, 0.15) is 31.4 Å². The van der Waals surface area contributed by atoms with Gasteiger partial charge in [-0.15, -0.1) is 0 Å². The fourth-order valence-electron chi connectivity index (χ4n) is 2.18. The van der Waals surface area contributed by atoms with Gasteiger partial charge in [-0.25, -0.2) is 0 Å². The third-order valence-electron chi connectivity index (χ3n) is 3.75. The van der Waals surface area contributed by atoms with Gasteiger partial charge in [0.25, 0.3) is 0 Å². The van der Waals surface area contributed by atoms with Crippen LogP contribution in [0.3, 0.4) is 0 Å². The van der Waals surface area contributed by atoms with Crippen molar-refractivity contribution in [1.29, 1.82) is 0 Å². The number of amides is 1. The Morgan fingerprint density at radius 2 is 1.85 bits per heavy atom.